The van der Waals surface area contributed by atoms with E-state index in [0.717, 1.165) is 33.5 Å². The molecule has 0 atom stereocenters. The van der Waals surface area contributed by atoms with Crippen LogP contribution in [0.5, 0.6) is 5.75 Å². The van der Waals surface area contributed by atoms with Crippen LogP contribution in [-0.2, 0) is 6.42 Å². The van der Waals surface area contributed by atoms with E-state index >= 15 is 0 Å². The normalized spacial score (nSPS) is 10.1. The molecule has 0 radical (unpaired) electrons. The minimum Gasteiger partial charge on any atom is -0.497 e. The summed E-state index contributed by atoms with van der Waals surface area (Å²) in [5.74, 6) is 0.835. The van der Waals surface area contributed by atoms with E-state index in [9.17, 15) is 0 Å². The number of allylic oxidation sites excluding steroid dienone is 1. The van der Waals surface area contributed by atoms with Gasteiger partial charge in [0.25, 0.3) is 0 Å². The lowest BCUT2D eigenvalue weighted by Gasteiger charge is -2.09. The molecule has 18 heavy (non-hydrogen) atoms. The fourth-order valence-electron chi connectivity index (χ4n) is 1.82. The first-order valence-corrected chi connectivity index (χ1v) is 6.43. The van der Waals surface area contributed by atoms with Gasteiger partial charge in [0.05, 0.1) is 12.8 Å². The zero-order valence-electron chi connectivity index (χ0n) is 10.2. The lowest BCUT2D eigenvalue weighted by molar-refractivity contribution is 0.415. The summed E-state index contributed by atoms with van der Waals surface area (Å²) >= 11 is 3.45. The first-order valence-electron chi connectivity index (χ1n) is 5.64. The zero-order valence-corrected chi connectivity index (χ0v) is 11.8. The van der Waals surface area contributed by atoms with Gasteiger partial charge in [0.2, 0.25) is 0 Å². The number of rotatable bonds is 4. The summed E-state index contributed by atoms with van der Waals surface area (Å²) in [7, 11) is 1.67. The van der Waals surface area contributed by atoms with E-state index in [1.165, 1.54) is 0 Å². The van der Waals surface area contributed by atoms with Crippen molar-refractivity contribution in [1.82, 2.24) is 4.98 Å². The molecule has 0 saturated carbocycles. The largest absolute Gasteiger partial charge is 0.497 e. The fraction of sp³-hybridized carbons (Fsp3) is 0.133. The van der Waals surface area contributed by atoms with Gasteiger partial charge in [-0.1, -0.05) is 18.2 Å². The number of ether oxygens (including phenoxy) is 1. The lowest BCUT2D eigenvalue weighted by Crippen LogP contribution is -1.93. The first-order chi connectivity index (χ1) is 8.74. The summed E-state index contributed by atoms with van der Waals surface area (Å²) in [5, 5.41) is 0. The number of pyridine rings is 1. The van der Waals surface area contributed by atoms with Crippen molar-refractivity contribution in [3.05, 3.63) is 59.2 Å². The van der Waals surface area contributed by atoms with Crippen LogP contribution in [0.1, 0.15) is 5.56 Å². The van der Waals surface area contributed by atoms with Crippen molar-refractivity contribution in [3.8, 4) is 17.0 Å². The van der Waals surface area contributed by atoms with Gasteiger partial charge in [-0.3, -0.25) is 4.98 Å². The van der Waals surface area contributed by atoms with Crippen LogP contribution < -0.4 is 4.74 Å². The molecule has 2 aromatic rings. The molecule has 0 N–H and O–H groups in total. The van der Waals surface area contributed by atoms with Gasteiger partial charge in [-0.25, -0.2) is 0 Å². The van der Waals surface area contributed by atoms with E-state index in [1.54, 1.807) is 13.3 Å². The van der Waals surface area contributed by atoms with Crippen LogP contribution in [0.2, 0.25) is 0 Å². The number of nitrogens with zero attached hydrogens (tertiary/aromatic N) is 1. The highest BCUT2D eigenvalue weighted by molar-refractivity contribution is 9.10. The Morgan fingerprint density at radius 1 is 1.39 bits per heavy atom. The maximum Gasteiger partial charge on any atom is 0.119 e. The molecule has 92 valence electrons. The molecule has 0 aliphatic heterocycles. The van der Waals surface area contributed by atoms with E-state index in [-0.39, 0.29) is 0 Å². The van der Waals surface area contributed by atoms with Gasteiger partial charge in [0.1, 0.15) is 5.75 Å². The molecule has 0 unspecified atom stereocenters. The van der Waals surface area contributed by atoms with Gasteiger partial charge >= 0.3 is 0 Å². The SMILES string of the molecule is C=CCc1cc(Br)cnc1-c1cccc(OC)c1. The molecule has 0 aliphatic carbocycles. The zero-order chi connectivity index (χ0) is 13.0. The molecule has 0 aliphatic rings. The molecule has 1 aromatic carbocycles. The second-order valence-corrected chi connectivity index (χ2v) is 4.80. The van der Waals surface area contributed by atoms with Gasteiger partial charge in [-0.15, -0.1) is 6.58 Å². The minimum atomic E-state index is 0.791. The fourth-order valence-corrected chi connectivity index (χ4v) is 2.20. The van der Waals surface area contributed by atoms with Crippen molar-refractivity contribution in [2.24, 2.45) is 0 Å². The molecule has 1 heterocycles. The van der Waals surface area contributed by atoms with E-state index in [1.807, 2.05) is 30.3 Å². The highest BCUT2D eigenvalue weighted by Crippen LogP contribution is 2.27. The lowest BCUT2D eigenvalue weighted by atomic mass is 10.0. The van der Waals surface area contributed by atoms with Gasteiger partial charge in [-0.05, 0) is 46.1 Å². The van der Waals surface area contributed by atoms with Gasteiger partial charge < -0.3 is 4.74 Å². The summed E-state index contributed by atoms with van der Waals surface area (Å²) in [5.41, 5.74) is 3.17. The molecule has 1 aromatic heterocycles. The standard InChI is InChI=1S/C15H14BrNO/c1-3-5-11-8-13(16)10-17-15(11)12-6-4-7-14(9-12)18-2/h3-4,6-10H,1,5H2,2H3. The van der Waals surface area contributed by atoms with Crippen LogP contribution in [-0.4, -0.2) is 12.1 Å². The topological polar surface area (TPSA) is 22.1 Å². The van der Waals surface area contributed by atoms with Crippen LogP contribution in [0.3, 0.4) is 0 Å². The Hall–Kier alpha value is -1.61. The predicted octanol–water partition coefficient (Wildman–Crippen LogP) is 4.25. The monoisotopic (exact) mass is 303 g/mol. The third-order valence-electron chi connectivity index (χ3n) is 2.64. The molecule has 0 fully saturated rings. The van der Waals surface area contributed by atoms with Crippen molar-refractivity contribution >= 4 is 15.9 Å². The van der Waals surface area contributed by atoms with Crippen molar-refractivity contribution < 1.29 is 4.74 Å². The number of hydrogen-bond acceptors (Lipinski definition) is 2. The molecule has 0 bridgehead atoms. The molecular weight excluding hydrogens is 290 g/mol. The van der Waals surface area contributed by atoms with E-state index in [2.05, 4.69) is 33.6 Å². The minimum absolute atomic E-state index is 0.791. The van der Waals surface area contributed by atoms with Crippen molar-refractivity contribution in [2.45, 2.75) is 6.42 Å². The third kappa shape index (κ3) is 2.79. The Kier molecular flexibility index (Phi) is 4.15. The van der Waals surface area contributed by atoms with E-state index < -0.39 is 0 Å². The highest BCUT2D eigenvalue weighted by Gasteiger charge is 2.07. The number of aromatic nitrogens is 1. The molecule has 0 amide bonds. The number of benzene rings is 1. The summed E-state index contributed by atoms with van der Waals surface area (Å²) in [6.07, 6.45) is 4.48. The molecule has 0 saturated heterocycles. The molecule has 2 nitrogen and oxygen atoms in total. The third-order valence-corrected chi connectivity index (χ3v) is 3.07. The van der Waals surface area contributed by atoms with Crippen molar-refractivity contribution in [3.63, 3.8) is 0 Å². The van der Waals surface area contributed by atoms with Crippen LogP contribution in [0.25, 0.3) is 11.3 Å². The molecule has 2 rings (SSSR count). The van der Waals surface area contributed by atoms with Crippen LogP contribution >= 0.6 is 15.9 Å². The van der Waals surface area contributed by atoms with Gasteiger partial charge in [0.15, 0.2) is 0 Å². The van der Waals surface area contributed by atoms with E-state index in [4.69, 9.17) is 4.74 Å². The average Bonchev–Trinajstić information content (AvgIpc) is 2.39. The van der Waals surface area contributed by atoms with Gasteiger partial charge in [0, 0.05) is 16.2 Å². The molecular formula is C15H14BrNO. The summed E-state index contributed by atoms with van der Waals surface area (Å²) in [6.45, 7) is 3.79. The van der Waals surface area contributed by atoms with Crippen molar-refractivity contribution in [2.75, 3.05) is 7.11 Å². The Morgan fingerprint density at radius 2 is 2.22 bits per heavy atom. The molecule has 3 heteroatoms. The maximum absolute atomic E-state index is 5.24. The van der Waals surface area contributed by atoms with Crippen LogP contribution in [0.4, 0.5) is 0 Å². The second-order valence-electron chi connectivity index (χ2n) is 3.89. The Balaban J connectivity index is 2.51. The van der Waals surface area contributed by atoms with Crippen LogP contribution in [0, 0.1) is 0 Å². The maximum atomic E-state index is 5.24. The van der Waals surface area contributed by atoms with Crippen molar-refractivity contribution in [1.29, 1.82) is 0 Å². The summed E-state index contributed by atoms with van der Waals surface area (Å²) in [6, 6.07) is 9.99. The summed E-state index contributed by atoms with van der Waals surface area (Å²) < 4.78 is 6.22. The van der Waals surface area contributed by atoms with Crippen LogP contribution in [0.15, 0.2) is 53.7 Å². The average molecular weight is 304 g/mol. The van der Waals surface area contributed by atoms with Gasteiger partial charge in [-0.2, -0.15) is 0 Å². The second kappa shape index (κ2) is 5.83. The Labute approximate surface area is 115 Å². The predicted molar refractivity (Wildman–Crippen MR) is 77.8 cm³/mol. The highest BCUT2D eigenvalue weighted by atomic mass is 79.9. The molecule has 0 spiro atoms. The number of hydrogen-bond donors (Lipinski definition) is 0. The first kappa shape index (κ1) is 12.8. The Bertz CT molecular complexity index is 566. The summed E-state index contributed by atoms with van der Waals surface area (Å²) in [4.78, 5) is 4.49. The van der Waals surface area contributed by atoms with E-state index in [0.29, 0.717) is 0 Å². The smallest absolute Gasteiger partial charge is 0.119 e. The Morgan fingerprint density at radius 3 is 2.94 bits per heavy atom. The number of methoxy groups -OCH3 is 1. The quantitative estimate of drug-likeness (QED) is 0.788. The number of halogens is 1.